The van der Waals surface area contributed by atoms with Gasteiger partial charge in [-0.3, -0.25) is 0 Å². The first-order valence-electron chi connectivity index (χ1n) is 7.18. The first-order chi connectivity index (χ1) is 10.0. The van der Waals surface area contributed by atoms with E-state index >= 15 is 0 Å². The summed E-state index contributed by atoms with van der Waals surface area (Å²) in [6.07, 6.45) is 1.62. The van der Waals surface area contributed by atoms with Crippen molar-refractivity contribution >= 4 is 11.6 Å². The van der Waals surface area contributed by atoms with E-state index in [0.717, 1.165) is 23.6 Å². The van der Waals surface area contributed by atoms with Crippen LogP contribution in [0, 0.1) is 0 Å². The van der Waals surface area contributed by atoms with Gasteiger partial charge < -0.3 is 9.84 Å². The predicted octanol–water partition coefficient (Wildman–Crippen LogP) is 4.47. The molecule has 112 valence electrons. The lowest BCUT2D eigenvalue weighted by molar-refractivity contribution is 0.0219. The van der Waals surface area contributed by atoms with Crippen LogP contribution in [0.2, 0.25) is 5.02 Å². The zero-order valence-electron chi connectivity index (χ0n) is 12.5. The first kappa shape index (κ1) is 15.9. The number of hydrogen-bond donors (Lipinski definition) is 1. The van der Waals surface area contributed by atoms with E-state index in [-0.39, 0.29) is 6.61 Å². The van der Waals surface area contributed by atoms with Crippen molar-refractivity contribution < 1.29 is 9.84 Å². The molecule has 0 aliphatic carbocycles. The van der Waals surface area contributed by atoms with E-state index in [4.69, 9.17) is 16.3 Å². The molecule has 0 aliphatic heterocycles. The molecule has 0 saturated heterocycles. The molecule has 0 unspecified atom stereocenters. The smallest absolute Gasteiger partial charge is 0.129 e. The van der Waals surface area contributed by atoms with Gasteiger partial charge in [-0.25, -0.2) is 0 Å². The van der Waals surface area contributed by atoms with Crippen LogP contribution in [0.3, 0.4) is 0 Å². The third-order valence-corrected chi connectivity index (χ3v) is 3.94. The maximum atomic E-state index is 9.38. The van der Waals surface area contributed by atoms with Crippen LogP contribution in [0.1, 0.15) is 31.4 Å². The highest BCUT2D eigenvalue weighted by molar-refractivity contribution is 6.30. The minimum absolute atomic E-state index is 0.00995. The number of ether oxygens (including phenoxy) is 1. The minimum atomic E-state index is -0.516. The molecular weight excluding hydrogens is 284 g/mol. The molecule has 1 N–H and O–H groups in total. The molecule has 0 spiro atoms. The highest BCUT2D eigenvalue weighted by atomic mass is 35.5. The Kier molecular flexibility index (Phi) is 5.27. The van der Waals surface area contributed by atoms with Gasteiger partial charge in [0.15, 0.2) is 0 Å². The molecule has 2 nitrogen and oxygen atoms in total. The Morgan fingerprint density at radius 2 is 1.52 bits per heavy atom. The van der Waals surface area contributed by atoms with Crippen LogP contribution in [0.5, 0.6) is 5.75 Å². The highest BCUT2D eigenvalue weighted by Crippen LogP contribution is 2.22. The zero-order chi connectivity index (χ0) is 15.3. The van der Waals surface area contributed by atoms with E-state index in [0.29, 0.717) is 0 Å². The normalized spacial score (nSPS) is 13.7. The maximum absolute atomic E-state index is 9.38. The zero-order valence-corrected chi connectivity index (χ0v) is 13.2. The SMILES string of the molecule is CC[C@](C)(CO)Oc1ccc(Cc2ccc(Cl)cc2)cc1. The molecule has 0 bridgehead atoms. The number of benzene rings is 2. The van der Waals surface area contributed by atoms with Gasteiger partial charge in [0.2, 0.25) is 0 Å². The molecule has 0 amide bonds. The topological polar surface area (TPSA) is 29.5 Å². The van der Waals surface area contributed by atoms with Gasteiger partial charge in [0.25, 0.3) is 0 Å². The number of hydrogen-bond acceptors (Lipinski definition) is 2. The molecular formula is C18H21ClO2. The summed E-state index contributed by atoms with van der Waals surface area (Å²) < 4.78 is 5.85. The largest absolute Gasteiger partial charge is 0.485 e. The van der Waals surface area contributed by atoms with Crippen molar-refractivity contribution in [1.29, 1.82) is 0 Å². The van der Waals surface area contributed by atoms with Crippen LogP contribution in [0.4, 0.5) is 0 Å². The van der Waals surface area contributed by atoms with Crippen molar-refractivity contribution in [3.8, 4) is 5.75 Å². The predicted molar refractivity (Wildman–Crippen MR) is 87.1 cm³/mol. The van der Waals surface area contributed by atoms with Crippen LogP contribution in [0.15, 0.2) is 48.5 Å². The van der Waals surface area contributed by atoms with Crippen LogP contribution in [0.25, 0.3) is 0 Å². The quantitative estimate of drug-likeness (QED) is 0.853. The van der Waals surface area contributed by atoms with Crippen LogP contribution >= 0.6 is 11.6 Å². The summed E-state index contributed by atoms with van der Waals surface area (Å²) in [7, 11) is 0. The van der Waals surface area contributed by atoms with Crippen molar-refractivity contribution in [2.75, 3.05) is 6.61 Å². The van der Waals surface area contributed by atoms with Crippen LogP contribution in [-0.4, -0.2) is 17.3 Å². The number of aliphatic hydroxyl groups excluding tert-OH is 1. The summed E-state index contributed by atoms with van der Waals surface area (Å²) in [5.74, 6) is 0.785. The number of halogens is 1. The fraction of sp³-hybridized carbons (Fsp3) is 0.333. The van der Waals surface area contributed by atoms with Crippen LogP contribution in [-0.2, 0) is 6.42 Å². The second-order valence-corrected chi connectivity index (χ2v) is 5.95. The van der Waals surface area contributed by atoms with E-state index in [1.807, 2.05) is 50.2 Å². The number of rotatable bonds is 6. The van der Waals surface area contributed by atoms with Gasteiger partial charge in [-0.15, -0.1) is 0 Å². The van der Waals surface area contributed by atoms with Gasteiger partial charge in [-0.05, 0) is 55.2 Å². The Morgan fingerprint density at radius 3 is 2.00 bits per heavy atom. The van der Waals surface area contributed by atoms with E-state index in [9.17, 15) is 5.11 Å². The maximum Gasteiger partial charge on any atom is 0.129 e. The molecule has 21 heavy (non-hydrogen) atoms. The highest BCUT2D eigenvalue weighted by Gasteiger charge is 2.22. The molecule has 2 rings (SSSR count). The summed E-state index contributed by atoms with van der Waals surface area (Å²) in [5, 5.41) is 10.1. The Labute approximate surface area is 131 Å². The summed E-state index contributed by atoms with van der Waals surface area (Å²) in [4.78, 5) is 0. The Hall–Kier alpha value is -1.51. The fourth-order valence-electron chi connectivity index (χ4n) is 2.01. The minimum Gasteiger partial charge on any atom is -0.485 e. The molecule has 0 radical (unpaired) electrons. The van der Waals surface area contributed by atoms with E-state index < -0.39 is 5.60 Å². The number of aliphatic hydroxyl groups is 1. The van der Waals surface area contributed by atoms with Gasteiger partial charge >= 0.3 is 0 Å². The molecule has 0 aliphatic rings. The van der Waals surface area contributed by atoms with Crippen molar-refractivity contribution in [2.24, 2.45) is 0 Å². The average Bonchev–Trinajstić information content (AvgIpc) is 2.51. The fourth-order valence-corrected chi connectivity index (χ4v) is 2.14. The molecule has 3 heteroatoms. The molecule has 0 saturated carbocycles. The lowest BCUT2D eigenvalue weighted by atomic mass is 10.0. The second kappa shape index (κ2) is 6.97. The molecule has 0 fully saturated rings. The molecule has 0 aromatic heterocycles. The second-order valence-electron chi connectivity index (χ2n) is 5.51. The van der Waals surface area contributed by atoms with Gasteiger partial charge in [-0.1, -0.05) is 42.8 Å². The first-order valence-corrected chi connectivity index (χ1v) is 7.56. The summed E-state index contributed by atoms with van der Waals surface area (Å²) in [5.41, 5.74) is 1.92. The summed E-state index contributed by atoms with van der Waals surface area (Å²) >= 11 is 5.89. The Bertz CT molecular complexity index is 557. The van der Waals surface area contributed by atoms with Gasteiger partial charge in [0.05, 0.1) is 6.61 Å². The molecule has 2 aromatic carbocycles. The van der Waals surface area contributed by atoms with Gasteiger partial charge in [-0.2, -0.15) is 0 Å². The molecule has 1 atom stereocenters. The summed E-state index contributed by atoms with van der Waals surface area (Å²) in [6.45, 7) is 3.93. The molecule has 2 aromatic rings. The lowest BCUT2D eigenvalue weighted by Crippen LogP contribution is -2.35. The molecule has 0 heterocycles. The van der Waals surface area contributed by atoms with E-state index in [1.165, 1.54) is 11.1 Å². The van der Waals surface area contributed by atoms with E-state index in [2.05, 4.69) is 12.1 Å². The average molecular weight is 305 g/mol. The Morgan fingerprint density at radius 1 is 1.00 bits per heavy atom. The van der Waals surface area contributed by atoms with Crippen LogP contribution < -0.4 is 4.74 Å². The van der Waals surface area contributed by atoms with Gasteiger partial charge in [0.1, 0.15) is 11.4 Å². The third kappa shape index (κ3) is 4.48. The third-order valence-electron chi connectivity index (χ3n) is 3.69. The van der Waals surface area contributed by atoms with Gasteiger partial charge in [0, 0.05) is 5.02 Å². The van der Waals surface area contributed by atoms with Crippen molar-refractivity contribution in [3.63, 3.8) is 0 Å². The standard InChI is InChI=1S/C18H21ClO2/c1-3-18(2,13-20)21-17-10-6-15(7-11-17)12-14-4-8-16(19)9-5-14/h4-11,20H,3,12-13H2,1-2H3/t18-/m1/s1. The van der Waals surface area contributed by atoms with Crippen molar-refractivity contribution in [1.82, 2.24) is 0 Å². The van der Waals surface area contributed by atoms with Crippen molar-refractivity contribution in [2.45, 2.75) is 32.3 Å². The monoisotopic (exact) mass is 304 g/mol. The van der Waals surface area contributed by atoms with Crippen molar-refractivity contribution in [3.05, 3.63) is 64.7 Å². The Balaban J connectivity index is 2.03. The summed E-state index contributed by atoms with van der Waals surface area (Å²) in [6, 6.07) is 15.9. The van der Waals surface area contributed by atoms with E-state index in [1.54, 1.807) is 0 Å². The lowest BCUT2D eigenvalue weighted by Gasteiger charge is -2.27.